The molecule has 5 heteroatoms. The molecule has 0 aromatic heterocycles. The molecule has 2 aromatic rings. The van der Waals surface area contributed by atoms with E-state index in [-0.39, 0.29) is 18.4 Å². The normalized spacial score (nSPS) is 14.1. The smallest absolute Gasteiger partial charge is 0.257 e. The standard InChI is InChI=1S/C21H24N2O3/c1-2-15(16-6-4-3-5-7-16)13-22-21(25)14-26-18-9-10-19-17(12-18)8-11-20(24)23-19/h3-7,9-10,12,15H,2,8,11,13-14H2,1H3,(H,22,25)(H,23,24). The second kappa shape index (κ2) is 8.52. The van der Waals surface area contributed by atoms with E-state index in [1.165, 1.54) is 5.56 Å². The third-order valence-electron chi connectivity index (χ3n) is 4.65. The van der Waals surface area contributed by atoms with E-state index in [1.807, 2.05) is 30.3 Å². The second-order valence-electron chi connectivity index (χ2n) is 6.48. The van der Waals surface area contributed by atoms with Gasteiger partial charge in [-0.05, 0) is 42.2 Å². The zero-order chi connectivity index (χ0) is 18.4. The summed E-state index contributed by atoms with van der Waals surface area (Å²) in [5, 5.41) is 5.78. The summed E-state index contributed by atoms with van der Waals surface area (Å²) in [7, 11) is 0. The number of carbonyl (C=O) groups excluding carboxylic acids is 2. The van der Waals surface area contributed by atoms with Crippen LogP contribution in [0.1, 0.15) is 36.8 Å². The summed E-state index contributed by atoms with van der Waals surface area (Å²) in [5.41, 5.74) is 3.09. The van der Waals surface area contributed by atoms with E-state index in [4.69, 9.17) is 4.74 Å². The van der Waals surface area contributed by atoms with E-state index in [0.29, 0.717) is 31.1 Å². The van der Waals surface area contributed by atoms with Gasteiger partial charge in [-0.25, -0.2) is 0 Å². The Kier molecular flexibility index (Phi) is 5.89. The minimum atomic E-state index is -0.134. The molecule has 0 radical (unpaired) electrons. The number of hydrogen-bond acceptors (Lipinski definition) is 3. The van der Waals surface area contributed by atoms with Crippen molar-refractivity contribution in [1.29, 1.82) is 0 Å². The number of carbonyl (C=O) groups is 2. The molecule has 1 aliphatic rings. The van der Waals surface area contributed by atoms with Crippen LogP contribution in [-0.2, 0) is 16.0 Å². The van der Waals surface area contributed by atoms with Crippen LogP contribution in [0.3, 0.4) is 0 Å². The molecular formula is C21H24N2O3. The Labute approximate surface area is 153 Å². The van der Waals surface area contributed by atoms with Crippen LogP contribution in [0.5, 0.6) is 5.75 Å². The molecule has 0 saturated heterocycles. The van der Waals surface area contributed by atoms with Crippen LogP contribution in [0, 0.1) is 0 Å². The van der Waals surface area contributed by atoms with Gasteiger partial charge in [0.05, 0.1) is 0 Å². The maximum atomic E-state index is 12.1. The van der Waals surface area contributed by atoms with Gasteiger partial charge in [0.2, 0.25) is 5.91 Å². The van der Waals surface area contributed by atoms with Crippen molar-refractivity contribution in [3.63, 3.8) is 0 Å². The third-order valence-corrected chi connectivity index (χ3v) is 4.65. The zero-order valence-electron chi connectivity index (χ0n) is 15.0. The zero-order valence-corrected chi connectivity index (χ0v) is 15.0. The maximum absolute atomic E-state index is 12.1. The van der Waals surface area contributed by atoms with Gasteiger partial charge in [0, 0.05) is 24.6 Å². The van der Waals surface area contributed by atoms with Gasteiger partial charge in [-0.2, -0.15) is 0 Å². The average Bonchev–Trinajstić information content (AvgIpc) is 2.67. The quantitative estimate of drug-likeness (QED) is 0.804. The number of ether oxygens (including phenoxy) is 1. The van der Waals surface area contributed by atoms with E-state index in [0.717, 1.165) is 17.7 Å². The number of hydrogen-bond donors (Lipinski definition) is 2. The molecule has 2 amide bonds. The van der Waals surface area contributed by atoms with Crippen LogP contribution < -0.4 is 15.4 Å². The lowest BCUT2D eigenvalue weighted by molar-refractivity contribution is -0.123. The molecule has 2 N–H and O–H groups in total. The van der Waals surface area contributed by atoms with E-state index in [1.54, 1.807) is 6.07 Å². The van der Waals surface area contributed by atoms with Crippen molar-refractivity contribution in [2.24, 2.45) is 0 Å². The van der Waals surface area contributed by atoms with Crippen molar-refractivity contribution in [3.8, 4) is 5.75 Å². The predicted octanol–water partition coefficient (Wildman–Crippen LogP) is 3.26. The van der Waals surface area contributed by atoms with Gasteiger partial charge < -0.3 is 15.4 Å². The molecule has 136 valence electrons. The van der Waals surface area contributed by atoms with E-state index < -0.39 is 0 Å². The molecule has 1 heterocycles. The van der Waals surface area contributed by atoms with Gasteiger partial charge in [0.1, 0.15) is 5.75 Å². The summed E-state index contributed by atoms with van der Waals surface area (Å²) in [6.07, 6.45) is 2.14. The van der Waals surface area contributed by atoms with Crippen LogP contribution in [0.2, 0.25) is 0 Å². The first-order chi connectivity index (χ1) is 12.7. The Bertz CT molecular complexity index is 774. The minimum absolute atomic E-state index is 0.0175. The number of fused-ring (bicyclic) bond motifs is 1. The number of amides is 2. The van der Waals surface area contributed by atoms with Crippen LogP contribution in [0.4, 0.5) is 5.69 Å². The van der Waals surface area contributed by atoms with E-state index >= 15 is 0 Å². The van der Waals surface area contributed by atoms with Crippen molar-refractivity contribution in [1.82, 2.24) is 5.32 Å². The van der Waals surface area contributed by atoms with Gasteiger partial charge >= 0.3 is 0 Å². The SMILES string of the molecule is CCC(CNC(=O)COc1ccc2c(c1)CCC(=O)N2)c1ccccc1. The fourth-order valence-electron chi connectivity index (χ4n) is 3.11. The number of rotatable bonds is 7. The number of benzene rings is 2. The first-order valence-corrected chi connectivity index (χ1v) is 9.03. The fourth-order valence-corrected chi connectivity index (χ4v) is 3.11. The maximum Gasteiger partial charge on any atom is 0.257 e. The number of nitrogens with one attached hydrogen (secondary N) is 2. The lowest BCUT2D eigenvalue weighted by atomic mass is 9.96. The predicted molar refractivity (Wildman–Crippen MR) is 101 cm³/mol. The third kappa shape index (κ3) is 4.63. The molecule has 0 saturated carbocycles. The summed E-state index contributed by atoms with van der Waals surface area (Å²) in [6, 6.07) is 15.7. The second-order valence-corrected chi connectivity index (χ2v) is 6.48. The molecule has 1 unspecified atom stereocenters. The van der Waals surface area contributed by atoms with Gasteiger partial charge in [-0.15, -0.1) is 0 Å². The molecule has 2 aromatic carbocycles. The summed E-state index contributed by atoms with van der Waals surface area (Å²) in [4.78, 5) is 23.5. The van der Waals surface area contributed by atoms with Crippen molar-refractivity contribution in [2.45, 2.75) is 32.1 Å². The summed E-state index contributed by atoms with van der Waals surface area (Å²) >= 11 is 0. The molecule has 3 rings (SSSR count). The van der Waals surface area contributed by atoms with Crippen molar-refractivity contribution >= 4 is 17.5 Å². The fraction of sp³-hybridized carbons (Fsp3) is 0.333. The highest BCUT2D eigenvalue weighted by Gasteiger charge is 2.15. The van der Waals surface area contributed by atoms with Crippen molar-refractivity contribution in [3.05, 3.63) is 59.7 Å². The molecule has 0 fully saturated rings. The Morgan fingerprint density at radius 2 is 2.00 bits per heavy atom. The molecule has 26 heavy (non-hydrogen) atoms. The van der Waals surface area contributed by atoms with Gasteiger partial charge in [0.25, 0.3) is 5.91 Å². The summed E-state index contributed by atoms with van der Waals surface area (Å²) < 4.78 is 5.61. The van der Waals surface area contributed by atoms with Crippen LogP contribution in [0.25, 0.3) is 0 Å². The van der Waals surface area contributed by atoms with Gasteiger partial charge in [0.15, 0.2) is 6.61 Å². The van der Waals surface area contributed by atoms with E-state index in [9.17, 15) is 9.59 Å². The highest BCUT2D eigenvalue weighted by molar-refractivity contribution is 5.94. The minimum Gasteiger partial charge on any atom is -0.484 e. The molecule has 0 aliphatic carbocycles. The molecule has 5 nitrogen and oxygen atoms in total. The summed E-state index contributed by atoms with van der Waals surface area (Å²) in [5.74, 6) is 0.845. The lowest BCUT2D eigenvalue weighted by Gasteiger charge is -2.18. The largest absolute Gasteiger partial charge is 0.484 e. The Morgan fingerprint density at radius 3 is 2.77 bits per heavy atom. The summed E-state index contributed by atoms with van der Waals surface area (Å²) in [6.45, 7) is 2.70. The van der Waals surface area contributed by atoms with Crippen molar-refractivity contribution < 1.29 is 14.3 Å². The lowest BCUT2D eigenvalue weighted by Crippen LogP contribution is -2.32. The first-order valence-electron chi connectivity index (χ1n) is 9.03. The van der Waals surface area contributed by atoms with E-state index in [2.05, 4.69) is 29.7 Å². The van der Waals surface area contributed by atoms with Crippen LogP contribution in [0.15, 0.2) is 48.5 Å². The molecular weight excluding hydrogens is 328 g/mol. The van der Waals surface area contributed by atoms with Gasteiger partial charge in [-0.3, -0.25) is 9.59 Å². The Morgan fingerprint density at radius 1 is 1.19 bits per heavy atom. The Hall–Kier alpha value is -2.82. The first kappa shape index (κ1) is 18.0. The Balaban J connectivity index is 1.49. The topological polar surface area (TPSA) is 67.4 Å². The van der Waals surface area contributed by atoms with Crippen molar-refractivity contribution in [2.75, 3.05) is 18.5 Å². The molecule has 0 bridgehead atoms. The molecule has 1 aliphatic heterocycles. The van der Waals surface area contributed by atoms with Crippen LogP contribution >= 0.6 is 0 Å². The molecule has 0 spiro atoms. The highest BCUT2D eigenvalue weighted by Crippen LogP contribution is 2.26. The van der Waals surface area contributed by atoms with Crippen LogP contribution in [-0.4, -0.2) is 25.0 Å². The number of anilines is 1. The van der Waals surface area contributed by atoms with Gasteiger partial charge in [-0.1, -0.05) is 37.3 Å². The molecule has 1 atom stereocenters. The monoisotopic (exact) mass is 352 g/mol. The average molecular weight is 352 g/mol. The number of aryl methyl sites for hydroxylation is 1. The highest BCUT2D eigenvalue weighted by atomic mass is 16.5.